The Hall–Kier alpha value is -2.21. The second-order valence-electron chi connectivity index (χ2n) is 6.75. The lowest BCUT2D eigenvalue weighted by molar-refractivity contribution is -0.121. The van der Waals surface area contributed by atoms with Gasteiger partial charge in [-0.25, -0.2) is 4.39 Å². The number of hydrogen-bond acceptors (Lipinski definition) is 3. The van der Waals surface area contributed by atoms with Gasteiger partial charge in [0.15, 0.2) is 0 Å². The number of fused-ring (bicyclic) bond motifs is 1. The molecule has 2 N–H and O–H groups in total. The van der Waals surface area contributed by atoms with Crippen LogP contribution < -0.4 is 10.9 Å². The molecule has 3 rings (SSSR count). The molecule has 6 heteroatoms. The summed E-state index contributed by atoms with van der Waals surface area (Å²) >= 11 is 0. The van der Waals surface area contributed by atoms with E-state index in [2.05, 4.69) is 22.1 Å². The van der Waals surface area contributed by atoms with Crippen LogP contribution in [0.3, 0.4) is 0 Å². The minimum atomic E-state index is -0.387. The van der Waals surface area contributed by atoms with Crippen LogP contribution in [0.1, 0.15) is 31.7 Å². The van der Waals surface area contributed by atoms with E-state index in [-0.39, 0.29) is 23.7 Å². The number of aromatic nitrogens is 1. The van der Waals surface area contributed by atoms with E-state index < -0.39 is 0 Å². The van der Waals surface area contributed by atoms with E-state index in [0.717, 1.165) is 18.5 Å². The van der Waals surface area contributed by atoms with Crippen molar-refractivity contribution in [3.05, 3.63) is 46.0 Å². The highest BCUT2D eigenvalue weighted by molar-refractivity contribution is 5.79. The first kappa shape index (κ1) is 17.6. The van der Waals surface area contributed by atoms with E-state index >= 15 is 0 Å². The molecule has 25 heavy (non-hydrogen) atoms. The van der Waals surface area contributed by atoms with E-state index in [0.29, 0.717) is 30.1 Å². The van der Waals surface area contributed by atoms with Gasteiger partial charge in [0.1, 0.15) is 5.82 Å². The molecule has 1 atom stereocenters. The van der Waals surface area contributed by atoms with Crippen LogP contribution in [-0.2, 0) is 11.2 Å². The monoisotopic (exact) mass is 345 g/mol. The molecular weight excluding hydrogens is 321 g/mol. The molecule has 0 aliphatic carbocycles. The molecule has 1 unspecified atom stereocenters. The fourth-order valence-corrected chi connectivity index (χ4v) is 3.31. The Balaban J connectivity index is 1.54. The van der Waals surface area contributed by atoms with Crippen molar-refractivity contribution in [2.24, 2.45) is 0 Å². The summed E-state index contributed by atoms with van der Waals surface area (Å²) in [5.74, 6) is -0.438. The molecule has 5 nitrogen and oxygen atoms in total. The number of benzene rings is 1. The summed E-state index contributed by atoms with van der Waals surface area (Å²) < 4.78 is 13.2. The van der Waals surface area contributed by atoms with Crippen LogP contribution in [0.5, 0.6) is 0 Å². The minimum absolute atomic E-state index is 0.0513. The van der Waals surface area contributed by atoms with E-state index in [1.54, 1.807) is 12.1 Å². The smallest absolute Gasteiger partial charge is 0.251 e. The third-order valence-corrected chi connectivity index (χ3v) is 4.86. The van der Waals surface area contributed by atoms with E-state index in [1.165, 1.54) is 25.0 Å². The molecular formula is C19H24FN3O2. The fourth-order valence-electron chi connectivity index (χ4n) is 3.31. The number of hydrogen-bond donors (Lipinski definition) is 2. The van der Waals surface area contributed by atoms with E-state index in [1.807, 2.05) is 0 Å². The standard InChI is InChI=1S/C19H24FN3O2/c1-13(23-8-2-3-9-23)12-21-18(24)7-5-15-10-14-4-6-16(20)11-17(14)22-19(15)25/h4,6,10-11,13H,2-3,5,7-9,12H2,1H3,(H,21,24)(H,22,25). The molecule has 1 aliphatic heterocycles. The minimum Gasteiger partial charge on any atom is -0.355 e. The van der Waals surface area contributed by atoms with Crippen LogP contribution in [0.15, 0.2) is 29.1 Å². The van der Waals surface area contributed by atoms with Gasteiger partial charge in [-0.1, -0.05) is 0 Å². The maximum Gasteiger partial charge on any atom is 0.251 e. The Bertz CT molecular complexity index is 812. The van der Waals surface area contributed by atoms with Gasteiger partial charge in [0.2, 0.25) is 5.91 Å². The van der Waals surface area contributed by atoms with E-state index in [4.69, 9.17) is 0 Å². The second-order valence-corrected chi connectivity index (χ2v) is 6.75. The lowest BCUT2D eigenvalue weighted by atomic mass is 10.1. The Labute approximate surface area is 146 Å². The lowest BCUT2D eigenvalue weighted by Gasteiger charge is -2.23. The summed E-state index contributed by atoms with van der Waals surface area (Å²) in [5, 5.41) is 3.71. The molecule has 1 amide bonds. The SMILES string of the molecule is CC(CNC(=O)CCc1cc2ccc(F)cc2[nH]c1=O)N1CCCC1. The zero-order valence-corrected chi connectivity index (χ0v) is 14.5. The van der Waals surface area contributed by atoms with E-state index in [9.17, 15) is 14.0 Å². The van der Waals surface area contributed by atoms with Crippen LogP contribution in [0, 0.1) is 5.82 Å². The van der Waals surface area contributed by atoms with Crippen LogP contribution in [-0.4, -0.2) is 41.5 Å². The average molecular weight is 345 g/mol. The fraction of sp³-hybridized carbons (Fsp3) is 0.474. The number of aryl methyl sites for hydroxylation is 1. The van der Waals surface area contributed by atoms with Crippen molar-refractivity contribution in [3.63, 3.8) is 0 Å². The first-order valence-corrected chi connectivity index (χ1v) is 8.85. The van der Waals surface area contributed by atoms with Gasteiger partial charge in [0.05, 0.1) is 5.52 Å². The van der Waals surface area contributed by atoms with Crippen LogP contribution in [0.2, 0.25) is 0 Å². The predicted octanol–water partition coefficient (Wildman–Crippen LogP) is 2.20. The number of carbonyl (C=O) groups excluding carboxylic acids is 1. The molecule has 134 valence electrons. The first-order valence-electron chi connectivity index (χ1n) is 8.85. The zero-order chi connectivity index (χ0) is 17.8. The number of carbonyl (C=O) groups is 1. The molecule has 2 heterocycles. The van der Waals surface area contributed by atoms with Crippen molar-refractivity contribution in [2.45, 2.75) is 38.6 Å². The second kappa shape index (κ2) is 7.78. The molecule has 0 bridgehead atoms. The summed E-state index contributed by atoms with van der Waals surface area (Å²) in [6, 6.07) is 6.35. The number of aromatic amines is 1. The number of amides is 1. The zero-order valence-electron chi connectivity index (χ0n) is 14.5. The number of H-pyrrole nitrogens is 1. The molecule has 0 saturated carbocycles. The van der Waals surface area contributed by atoms with Gasteiger partial charge in [-0.3, -0.25) is 14.5 Å². The maximum atomic E-state index is 13.2. The van der Waals surface area contributed by atoms with Gasteiger partial charge in [-0.2, -0.15) is 0 Å². The number of pyridine rings is 1. The quantitative estimate of drug-likeness (QED) is 0.844. The Kier molecular flexibility index (Phi) is 5.48. The van der Waals surface area contributed by atoms with Gasteiger partial charge < -0.3 is 10.3 Å². The number of rotatable bonds is 6. The number of nitrogens with one attached hydrogen (secondary N) is 2. The molecule has 0 spiro atoms. The maximum absolute atomic E-state index is 13.2. The molecule has 0 radical (unpaired) electrons. The molecule has 2 aromatic rings. The van der Waals surface area contributed by atoms with Gasteiger partial charge in [-0.05, 0) is 68.9 Å². The summed E-state index contributed by atoms with van der Waals surface area (Å²) in [6.07, 6.45) is 3.09. The van der Waals surface area contributed by atoms with Crippen molar-refractivity contribution < 1.29 is 9.18 Å². The number of nitrogens with zero attached hydrogens (tertiary/aromatic N) is 1. The largest absolute Gasteiger partial charge is 0.355 e. The topological polar surface area (TPSA) is 65.2 Å². The molecule has 1 saturated heterocycles. The van der Waals surface area contributed by atoms with Crippen LogP contribution in [0.4, 0.5) is 4.39 Å². The summed E-state index contributed by atoms with van der Waals surface area (Å²) in [4.78, 5) is 29.2. The van der Waals surface area contributed by atoms with Crippen molar-refractivity contribution in [1.82, 2.24) is 15.2 Å². The Morgan fingerprint density at radius 2 is 2.08 bits per heavy atom. The highest BCUT2D eigenvalue weighted by Gasteiger charge is 2.18. The van der Waals surface area contributed by atoms with Crippen LogP contribution >= 0.6 is 0 Å². The first-order chi connectivity index (χ1) is 12.0. The molecule has 1 aromatic carbocycles. The third-order valence-electron chi connectivity index (χ3n) is 4.86. The molecule has 1 aliphatic rings. The predicted molar refractivity (Wildman–Crippen MR) is 96.1 cm³/mol. The normalized spacial score (nSPS) is 16.2. The van der Waals surface area contributed by atoms with Crippen molar-refractivity contribution in [1.29, 1.82) is 0 Å². The molecule has 1 fully saturated rings. The van der Waals surface area contributed by atoms with Gasteiger partial charge in [0, 0.05) is 24.6 Å². The Morgan fingerprint density at radius 1 is 1.32 bits per heavy atom. The van der Waals surface area contributed by atoms with Crippen molar-refractivity contribution in [3.8, 4) is 0 Å². The average Bonchev–Trinajstić information content (AvgIpc) is 3.12. The lowest BCUT2D eigenvalue weighted by Crippen LogP contribution is -2.40. The molecule has 1 aromatic heterocycles. The van der Waals surface area contributed by atoms with Crippen LogP contribution in [0.25, 0.3) is 10.9 Å². The summed E-state index contributed by atoms with van der Waals surface area (Å²) in [6.45, 7) is 4.96. The van der Waals surface area contributed by atoms with Crippen molar-refractivity contribution >= 4 is 16.8 Å². The van der Waals surface area contributed by atoms with Gasteiger partial charge >= 0.3 is 0 Å². The van der Waals surface area contributed by atoms with Gasteiger partial charge in [-0.15, -0.1) is 0 Å². The van der Waals surface area contributed by atoms with Gasteiger partial charge in [0.25, 0.3) is 5.56 Å². The third kappa shape index (κ3) is 4.45. The summed E-state index contributed by atoms with van der Waals surface area (Å²) in [5.41, 5.74) is 0.746. The highest BCUT2D eigenvalue weighted by atomic mass is 19.1. The summed E-state index contributed by atoms with van der Waals surface area (Å²) in [7, 11) is 0. The number of likely N-dealkylation sites (tertiary alicyclic amines) is 1. The number of halogens is 1. The highest BCUT2D eigenvalue weighted by Crippen LogP contribution is 2.14. The van der Waals surface area contributed by atoms with Crippen molar-refractivity contribution in [2.75, 3.05) is 19.6 Å². The Morgan fingerprint density at radius 3 is 2.84 bits per heavy atom.